The molecule has 5 heteroatoms. The maximum absolute atomic E-state index is 13.5. The van der Waals surface area contributed by atoms with Crippen molar-refractivity contribution in [3.8, 4) is 0 Å². The predicted molar refractivity (Wildman–Crippen MR) is 112 cm³/mol. The molecule has 2 fully saturated rings. The van der Waals surface area contributed by atoms with Crippen LogP contribution in [0.1, 0.15) is 22.8 Å². The highest BCUT2D eigenvalue weighted by Crippen LogP contribution is 2.58. The van der Waals surface area contributed by atoms with Gasteiger partial charge in [0, 0.05) is 11.8 Å². The molecule has 1 saturated carbocycles. The second-order valence-corrected chi connectivity index (χ2v) is 7.96. The molecule has 0 radical (unpaired) electrons. The number of fused-ring (bicyclic) bond motifs is 5. The second-order valence-electron chi connectivity index (χ2n) is 7.96. The zero-order valence-corrected chi connectivity index (χ0v) is 16.7. The minimum atomic E-state index is -0.565. The van der Waals surface area contributed by atoms with Gasteiger partial charge in [-0.15, -0.1) is 0 Å². The number of para-hydroxylation sites is 1. The van der Waals surface area contributed by atoms with Crippen molar-refractivity contribution >= 4 is 29.0 Å². The molecule has 2 bridgehead atoms. The zero-order valence-electron chi connectivity index (χ0n) is 16.7. The first-order chi connectivity index (χ1) is 14.5. The quantitative estimate of drug-likeness (QED) is 0.447. The zero-order chi connectivity index (χ0) is 21.0. The molecule has 5 rings (SSSR count). The number of carbonyl (C=O) groups is 3. The fourth-order valence-electron chi connectivity index (χ4n) is 5.31. The summed E-state index contributed by atoms with van der Waals surface area (Å²) in [6.07, 6.45) is 4.13. The average molecular weight is 399 g/mol. The lowest BCUT2D eigenvalue weighted by Crippen LogP contribution is -2.34. The van der Waals surface area contributed by atoms with E-state index in [1.54, 1.807) is 24.3 Å². The topological polar surface area (TPSA) is 63.7 Å². The monoisotopic (exact) mass is 399 g/mol. The smallest absolute Gasteiger partial charge is 0.339 e. The van der Waals surface area contributed by atoms with Crippen LogP contribution in [0, 0.1) is 23.7 Å². The molecule has 30 heavy (non-hydrogen) atoms. The van der Waals surface area contributed by atoms with Crippen LogP contribution < -0.4 is 4.90 Å². The molecule has 1 saturated heterocycles. The number of ether oxygens (including phenoxy) is 1. The average Bonchev–Trinajstić information content (AvgIpc) is 3.42. The summed E-state index contributed by atoms with van der Waals surface area (Å²) in [5.41, 5.74) is 3.93. The Bertz CT molecular complexity index is 1100. The maximum Gasteiger partial charge on any atom is 0.339 e. The number of benzene rings is 2. The fourth-order valence-corrected chi connectivity index (χ4v) is 5.31. The third kappa shape index (κ3) is 2.45. The van der Waals surface area contributed by atoms with Crippen LogP contribution in [0.3, 0.4) is 0 Å². The number of hydrogen-bond donors (Lipinski definition) is 0. The maximum atomic E-state index is 13.5. The third-order valence-electron chi connectivity index (χ3n) is 6.61. The van der Waals surface area contributed by atoms with Crippen molar-refractivity contribution in [1.29, 1.82) is 0 Å². The minimum Gasteiger partial charge on any atom is -0.465 e. The van der Waals surface area contributed by atoms with Gasteiger partial charge in [-0.2, -0.15) is 0 Å². The molecule has 1 heterocycles. The SMILES string of the molecule is COC(=O)c1ccccc1N1C(=O)[C@@H]2[C@@H](C1=O)[C@H]1C=C[C@H]2C1=C(C)c1ccccc1. The van der Waals surface area contributed by atoms with Gasteiger partial charge in [0.15, 0.2) is 0 Å². The van der Waals surface area contributed by atoms with Gasteiger partial charge in [-0.25, -0.2) is 9.69 Å². The van der Waals surface area contributed by atoms with Gasteiger partial charge in [-0.05, 0) is 30.2 Å². The lowest BCUT2D eigenvalue weighted by atomic mass is 9.85. The number of methoxy groups -OCH3 is 1. The molecule has 1 aliphatic heterocycles. The molecule has 3 aliphatic rings. The number of hydrogen-bond acceptors (Lipinski definition) is 4. The van der Waals surface area contributed by atoms with Gasteiger partial charge in [-0.3, -0.25) is 9.59 Å². The van der Waals surface area contributed by atoms with Gasteiger partial charge < -0.3 is 4.74 Å². The van der Waals surface area contributed by atoms with E-state index >= 15 is 0 Å². The number of anilines is 1. The van der Waals surface area contributed by atoms with Crippen molar-refractivity contribution in [2.75, 3.05) is 12.0 Å². The largest absolute Gasteiger partial charge is 0.465 e. The Kier molecular flexibility index (Phi) is 4.21. The third-order valence-corrected chi connectivity index (χ3v) is 6.61. The van der Waals surface area contributed by atoms with E-state index in [-0.39, 0.29) is 29.2 Å². The highest BCUT2D eigenvalue weighted by molar-refractivity contribution is 6.25. The molecule has 0 N–H and O–H groups in total. The van der Waals surface area contributed by atoms with Crippen LogP contribution >= 0.6 is 0 Å². The molecule has 2 aromatic rings. The van der Waals surface area contributed by atoms with Crippen LogP contribution in [-0.2, 0) is 14.3 Å². The number of rotatable bonds is 3. The van der Waals surface area contributed by atoms with E-state index < -0.39 is 17.8 Å². The number of carbonyl (C=O) groups excluding carboxylic acids is 3. The molecule has 0 unspecified atom stereocenters. The Balaban J connectivity index is 1.56. The Morgan fingerprint density at radius 3 is 2.03 bits per heavy atom. The van der Waals surface area contributed by atoms with Crippen LogP contribution in [0.5, 0.6) is 0 Å². The van der Waals surface area contributed by atoms with Gasteiger partial charge in [0.2, 0.25) is 11.8 Å². The summed E-state index contributed by atoms with van der Waals surface area (Å²) >= 11 is 0. The Hall–Kier alpha value is -3.47. The number of nitrogens with zero attached hydrogens (tertiary/aromatic N) is 1. The molecule has 5 nitrogen and oxygen atoms in total. The second kappa shape index (κ2) is 6.80. The number of imide groups is 1. The van der Waals surface area contributed by atoms with Crippen LogP contribution in [0.4, 0.5) is 5.69 Å². The lowest BCUT2D eigenvalue weighted by Gasteiger charge is -2.21. The minimum absolute atomic E-state index is 0.0908. The first-order valence-electron chi connectivity index (χ1n) is 10.0. The van der Waals surface area contributed by atoms with Gasteiger partial charge in [0.1, 0.15) is 0 Å². The van der Waals surface area contributed by atoms with Gasteiger partial charge in [0.25, 0.3) is 0 Å². The van der Waals surface area contributed by atoms with E-state index in [4.69, 9.17) is 4.74 Å². The summed E-state index contributed by atoms with van der Waals surface area (Å²) < 4.78 is 4.85. The van der Waals surface area contributed by atoms with Crippen molar-refractivity contribution in [2.45, 2.75) is 6.92 Å². The summed E-state index contributed by atoms with van der Waals surface area (Å²) in [5.74, 6) is -2.07. The van der Waals surface area contributed by atoms with E-state index in [0.29, 0.717) is 5.69 Å². The standard InChI is InChI=1S/C25H21NO4/c1-14(15-8-4-3-5-9-15)20-17-12-13-18(20)22-21(17)23(27)26(24(22)28)19-11-7-6-10-16(19)25(29)30-2/h3-13,17-18,21-22H,1-2H3/t17-,18-,21-,22-/m0/s1. The summed E-state index contributed by atoms with van der Waals surface area (Å²) in [6.45, 7) is 2.07. The molecular formula is C25H21NO4. The highest BCUT2D eigenvalue weighted by atomic mass is 16.5. The van der Waals surface area contributed by atoms with E-state index in [0.717, 1.165) is 11.1 Å². The molecule has 2 aromatic carbocycles. The molecule has 150 valence electrons. The van der Waals surface area contributed by atoms with Crippen LogP contribution in [0.2, 0.25) is 0 Å². The fraction of sp³-hybridized carbons (Fsp3) is 0.240. The van der Waals surface area contributed by atoms with Crippen molar-refractivity contribution in [3.63, 3.8) is 0 Å². The summed E-state index contributed by atoms with van der Waals surface area (Å²) in [5, 5.41) is 0. The van der Waals surface area contributed by atoms with Gasteiger partial charge in [0.05, 0.1) is 30.2 Å². The van der Waals surface area contributed by atoms with E-state index in [9.17, 15) is 14.4 Å². The highest BCUT2D eigenvalue weighted by Gasteiger charge is 2.62. The molecule has 0 spiro atoms. The molecule has 2 amide bonds. The Morgan fingerprint density at radius 1 is 0.867 bits per heavy atom. The van der Waals surface area contributed by atoms with Crippen molar-refractivity contribution in [2.24, 2.45) is 23.7 Å². The predicted octanol–water partition coefficient (Wildman–Crippen LogP) is 3.87. The van der Waals surface area contributed by atoms with Crippen molar-refractivity contribution in [3.05, 3.63) is 83.4 Å². The normalized spacial score (nSPS) is 26.3. The number of amides is 2. The first kappa shape index (κ1) is 18.6. The van der Waals surface area contributed by atoms with Gasteiger partial charge >= 0.3 is 5.97 Å². The summed E-state index contributed by atoms with van der Waals surface area (Å²) in [7, 11) is 1.29. The van der Waals surface area contributed by atoms with E-state index in [1.165, 1.54) is 17.6 Å². The van der Waals surface area contributed by atoms with Crippen molar-refractivity contribution in [1.82, 2.24) is 0 Å². The summed E-state index contributed by atoms with van der Waals surface area (Å²) in [6, 6.07) is 16.7. The first-order valence-corrected chi connectivity index (χ1v) is 10.0. The van der Waals surface area contributed by atoms with Crippen LogP contribution in [0.25, 0.3) is 5.57 Å². The number of allylic oxidation sites excluding steroid dienone is 4. The Morgan fingerprint density at radius 2 is 1.43 bits per heavy atom. The van der Waals surface area contributed by atoms with E-state index in [2.05, 4.69) is 31.2 Å². The van der Waals surface area contributed by atoms with Crippen LogP contribution in [-0.4, -0.2) is 24.9 Å². The van der Waals surface area contributed by atoms with Gasteiger partial charge in [-0.1, -0.05) is 60.2 Å². The molecule has 0 aromatic heterocycles. The lowest BCUT2D eigenvalue weighted by molar-refractivity contribution is -0.122. The Labute approximate surface area is 174 Å². The van der Waals surface area contributed by atoms with E-state index in [1.807, 2.05) is 18.2 Å². The molecular weight excluding hydrogens is 378 g/mol. The van der Waals surface area contributed by atoms with Crippen molar-refractivity contribution < 1.29 is 19.1 Å². The van der Waals surface area contributed by atoms with Crippen LogP contribution in [0.15, 0.2) is 72.3 Å². The number of esters is 1. The molecule has 4 atom stereocenters. The summed E-state index contributed by atoms with van der Waals surface area (Å²) in [4.78, 5) is 40.3. The molecule has 2 aliphatic carbocycles.